The summed E-state index contributed by atoms with van der Waals surface area (Å²) in [5.74, 6) is 0.965. The van der Waals surface area contributed by atoms with Gasteiger partial charge in [0.25, 0.3) is 0 Å². The lowest BCUT2D eigenvalue weighted by molar-refractivity contribution is 0.203. The molecule has 1 unspecified atom stereocenters. The first-order chi connectivity index (χ1) is 8.63. The molecule has 1 aromatic rings. The lowest BCUT2D eigenvalue weighted by Gasteiger charge is -2.31. The molecule has 1 rings (SSSR count). The van der Waals surface area contributed by atoms with Crippen LogP contribution in [0.2, 0.25) is 0 Å². The number of methoxy groups -OCH3 is 1. The van der Waals surface area contributed by atoms with Crippen LogP contribution < -0.4 is 10.6 Å². The summed E-state index contributed by atoms with van der Waals surface area (Å²) in [5.41, 5.74) is 6.87. The fourth-order valence-electron chi connectivity index (χ4n) is 1.83. The average Bonchev–Trinajstić information content (AvgIpc) is 2.39. The summed E-state index contributed by atoms with van der Waals surface area (Å²) in [6.45, 7) is 6.37. The molecule has 0 bridgehead atoms. The van der Waals surface area contributed by atoms with E-state index in [-0.39, 0.29) is 0 Å². The van der Waals surface area contributed by atoms with Gasteiger partial charge in [0.05, 0.1) is 6.61 Å². The van der Waals surface area contributed by atoms with Gasteiger partial charge in [-0.1, -0.05) is 6.92 Å². The molecule has 1 aromatic heterocycles. The molecule has 0 aliphatic heterocycles. The molecule has 4 nitrogen and oxygen atoms in total. The van der Waals surface area contributed by atoms with Gasteiger partial charge in [-0.25, -0.2) is 4.98 Å². The molecule has 1 heterocycles. The van der Waals surface area contributed by atoms with Crippen molar-refractivity contribution in [3.63, 3.8) is 0 Å². The highest BCUT2D eigenvalue weighted by atomic mass is 79.9. The number of nitrogens with two attached hydrogens (primary N) is 1. The zero-order valence-electron chi connectivity index (χ0n) is 11.3. The number of ether oxygens (including phenoxy) is 1. The molecule has 18 heavy (non-hydrogen) atoms. The number of aromatic nitrogens is 1. The third kappa shape index (κ3) is 3.93. The fourth-order valence-corrected chi connectivity index (χ4v) is 2.21. The van der Waals surface area contributed by atoms with E-state index in [1.165, 1.54) is 0 Å². The van der Waals surface area contributed by atoms with E-state index in [1.807, 2.05) is 12.3 Å². The predicted molar refractivity (Wildman–Crippen MR) is 78.8 cm³/mol. The van der Waals surface area contributed by atoms with Crippen molar-refractivity contribution < 1.29 is 4.74 Å². The Labute approximate surface area is 118 Å². The van der Waals surface area contributed by atoms with Crippen molar-refractivity contribution in [2.45, 2.75) is 32.9 Å². The highest BCUT2D eigenvalue weighted by molar-refractivity contribution is 9.10. The fraction of sp³-hybridized carbons (Fsp3) is 0.615. The minimum atomic E-state index is 0.416. The smallest absolute Gasteiger partial charge is 0.133 e. The van der Waals surface area contributed by atoms with Gasteiger partial charge in [-0.15, -0.1) is 0 Å². The quantitative estimate of drug-likeness (QED) is 0.840. The maximum absolute atomic E-state index is 5.81. The van der Waals surface area contributed by atoms with Gasteiger partial charge in [-0.05, 0) is 35.3 Å². The summed E-state index contributed by atoms with van der Waals surface area (Å²) in [7, 11) is 1.72. The van der Waals surface area contributed by atoms with Crippen molar-refractivity contribution in [1.29, 1.82) is 0 Å². The molecular weight excluding hydrogens is 294 g/mol. The van der Waals surface area contributed by atoms with E-state index in [9.17, 15) is 0 Å². The molecule has 0 aromatic carbocycles. The minimum Gasteiger partial charge on any atom is -0.383 e. The first kappa shape index (κ1) is 15.4. The summed E-state index contributed by atoms with van der Waals surface area (Å²) < 4.78 is 6.14. The molecule has 0 amide bonds. The van der Waals surface area contributed by atoms with Gasteiger partial charge in [-0.2, -0.15) is 0 Å². The molecule has 0 spiro atoms. The molecule has 0 aliphatic rings. The van der Waals surface area contributed by atoms with Crippen LogP contribution in [-0.4, -0.2) is 31.3 Å². The first-order valence-electron chi connectivity index (χ1n) is 6.24. The highest BCUT2D eigenvalue weighted by Crippen LogP contribution is 2.23. The van der Waals surface area contributed by atoms with Gasteiger partial charge < -0.3 is 15.4 Å². The SMILES string of the molecule is CCC(C)N(CCOC)c1ncc(Br)cc1CN. The van der Waals surface area contributed by atoms with Gasteiger partial charge >= 0.3 is 0 Å². The molecule has 5 heteroatoms. The Morgan fingerprint density at radius 1 is 1.56 bits per heavy atom. The maximum Gasteiger partial charge on any atom is 0.133 e. The normalized spacial score (nSPS) is 12.5. The Hall–Kier alpha value is -0.650. The van der Waals surface area contributed by atoms with Crippen LogP contribution in [0.3, 0.4) is 0 Å². The summed E-state index contributed by atoms with van der Waals surface area (Å²) in [4.78, 5) is 6.78. The molecule has 0 aliphatic carbocycles. The van der Waals surface area contributed by atoms with Crippen LogP contribution in [-0.2, 0) is 11.3 Å². The van der Waals surface area contributed by atoms with Crippen molar-refractivity contribution in [2.24, 2.45) is 5.73 Å². The second-order valence-corrected chi connectivity index (χ2v) is 5.20. The Balaban J connectivity index is 3.03. The van der Waals surface area contributed by atoms with Gasteiger partial charge in [0.15, 0.2) is 0 Å². The van der Waals surface area contributed by atoms with E-state index in [0.717, 1.165) is 28.8 Å². The van der Waals surface area contributed by atoms with Gasteiger partial charge in [0.2, 0.25) is 0 Å². The van der Waals surface area contributed by atoms with Crippen molar-refractivity contribution in [2.75, 3.05) is 25.2 Å². The van der Waals surface area contributed by atoms with E-state index in [2.05, 4.69) is 39.7 Å². The van der Waals surface area contributed by atoms with E-state index in [4.69, 9.17) is 10.5 Å². The summed E-state index contributed by atoms with van der Waals surface area (Å²) in [6, 6.07) is 2.45. The van der Waals surface area contributed by atoms with Crippen LogP contribution in [0.5, 0.6) is 0 Å². The predicted octanol–water partition coefficient (Wildman–Crippen LogP) is 2.55. The average molecular weight is 316 g/mol. The number of rotatable bonds is 7. The van der Waals surface area contributed by atoms with Gasteiger partial charge in [-0.3, -0.25) is 0 Å². The number of hydrogen-bond acceptors (Lipinski definition) is 4. The molecular formula is C13H22BrN3O. The third-order valence-corrected chi connectivity index (χ3v) is 3.49. The van der Waals surface area contributed by atoms with Gasteiger partial charge in [0.1, 0.15) is 5.82 Å². The Morgan fingerprint density at radius 3 is 2.83 bits per heavy atom. The molecule has 2 N–H and O–H groups in total. The third-order valence-electron chi connectivity index (χ3n) is 3.06. The van der Waals surface area contributed by atoms with Crippen LogP contribution in [0.25, 0.3) is 0 Å². The van der Waals surface area contributed by atoms with E-state index in [1.54, 1.807) is 7.11 Å². The van der Waals surface area contributed by atoms with Crippen molar-refractivity contribution in [3.05, 3.63) is 22.3 Å². The second kappa shape index (κ2) is 7.71. The van der Waals surface area contributed by atoms with Crippen LogP contribution in [0.15, 0.2) is 16.7 Å². The summed E-state index contributed by atoms with van der Waals surface area (Å²) >= 11 is 3.43. The van der Waals surface area contributed by atoms with Crippen molar-refractivity contribution in [1.82, 2.24) is 4.98 Å². The van der Waals surface area contributed by atoms with Crippen LogP contribution in [0.4, 0.5) is 5.82 Å². The van der Waals surface area contributed by atoms with Crippen LogP contribution >= 0.6 is 15.9 Å². The van der Waals surface area contributed by atoms with Crippen molar-refractivity contribution in [3.8, 4) is 0 Å². The zero-order valence-corrected chi connectivity index (χ0v) is 12.9. The van der Waals surface area contributed by atoms with Gasteiger partial charge in [0, 0.05) is 42.5 Å². The largest absolute Gasteiger partial charge is 0.383 e. The standard InChI is InChI=1S/C13H22BrN3O/c1-4-10(2)17(5-6-18-3)13-11(8-15)7-12(14)9-16-13/h7,9-10H,4-6,8,15H2,1-3H3. The number of pyridine rings is 1. The number of nitrogens with zero attached hydrogens (tertiary/aromatic N) is 2. The summed E-state index contributed by atoms with van der Waals surface area (Å²) in [6.07, 6.45) is 2.88. The second-order valence-electron chi connectivity index (χ2n) is 4.28. The number of anilines is 1. The highest BCUT2D eigenvalue weighted by Gasteiger charge is 2.17. The monoisotopic (exact) mass is 315 g/mol. The molecule has 0 fully saturated rings. The van der Waals surface area contributed by atoms with E-state index >= 15 is 0 Å². The molecule has 0 radical (unpaired) electrons. The van der Waals surface area contributed by atoms with Crippen LogP contribution in [0, 0.1) is 0 Å². The Bertz CT molecular complexity index is 373. The molecule has 1 atom stereocenters. The maximum atomic E-state index is 5.81. The first-order valence-corrected chi connectivity index (χ1v) is 7.03. The zero-order chi connectivity index (χ0) is 13.5. The Morgan fingerprint density at radius 2 is 2.28 bits per heavy atom. The van der Waals surface area contributed by atoms with E-state index in [0.29, 0.717) is 19.2 Å². The molecule has 0 saturated heterocycles. The summed E-state index contributed by atoms with van der Waals surface area (Å²) in [5, 5.41) is 0. The Kier molecular flexibility index (Phi) is 6.60. The molecule has 0 saturated carbocycles. The van der Waals surface area contributed by atoms with Crippen LogP contribution in [0.1, 0.15) is 25.8 Å². The minimum absolute atomic E-state index is 0.416. The van der Waals surface area contributed by atoms with Crippen molar-refractivity contribution >= 4 is 21.7 Å². The number of halogens is 1. The molecule has 102 valence electrons. The number of hydrogen-bond donors (Lipinski definition) is 1. The lowest BCUT2D eigenvalue weighted by Crippen LogP contribution is -2.37. The van der Waals surface area contributed by atoms with E-state index < -0.39 is 0 Å². The lowest BCUT2D eigenvalue weighted by atomic mass is 10.1. The topological polar surface area (TPSA) is 51.4 Å².